The van der Waals surface area contributed by atoms with Crippen molar-refractivity contribution >= 4 is 11.3 Å². The summed E-state index contributed by atoms with van der Waals surface area (Å²) < 4.78 is 0. The lowest BCUT2D eigenvalue weighted by Gasteiger charge is -2.69. The zero-order valence-corrected chi connectivity index (χ0v) is 13.6. The average Bonchev–Trinajstić information content (AvgIpc) is 2.93. The smallest absolute Gasteiger partial charge is 0.123 e. The van der Waals surface area contributed by atoms with Gasteiger partial charge in [0.05, 0.1) is 0 Å². The highest BCUT2D eigenvalue weighted by Gasteiger charge is 2.59. The van der Waals surface area contributed by atoms with Crippen molar-refractivity contribution in [3.8, 4) is 10.6 Å². The minimum atomic E-state index is 0.575. The number of aromatic nitrogens is 1. The van der Waals surface area contributed by atoms with Gasteiger partial charge in [0.2, 0.25) is 0 Å². The molecule has 1 aromatic carbocycles. The molecule has 1 aliphatic carbocycles. The Bertz CT molecular complexity index is 679. The van der Waals surface area contributed by atoms with E-state index in [1.807, 2.05) is 11.3 Å². The van der Waals surface area contributed by atoms with Gasteiger partial charge in [-0.2, -0.15) is 0 Å². The second kappa shape index (κ2) is 4.88. The molecule has 0 N–H and O–H groups in total. The van der Waals surface area contributed by atoms with E-state index in [9.17, 15) is 0 Å². The maximum absolute atomic E-state index is 4.64. The van der Waals surface area contributed by atoms with E-state index in [0.717, 1.165) is 17.6 Å². The lowest BCUT2D eigenvalue weighted by Crippen LogP contribution is -2.79. The average molecular weight is 311 g/mol. The van der Waals surface area contributed by atoms with Gasteiger partial charge in [-0.3, -0.25) is 9.80 Å². The molecular weight excluding hydrogens is 290 g/mol. The van der Waals surface area contributed by atoms with Gasteiger partial charge in [-0.05, 0) is 19.3 Å². The van der Waals surface area contributed by atoms with Gasteiger partial charge in [0, 0.05) is 54.4 Å². The molecule has 1 aromatic heterocycles. The Kier molecular flexibility index (Phi) is 2.94. The fraction of sp³-hybridized carbons (Fsp3) is 0.500. The van der Waals surface area contributed by atoms with Crippen LogP contribution in [0.5, 0.6) is 0 Å². The SMILES string of the molecule is c1ccc(-c2ncc(CN3CCN4CCC45CCC35)s2)cc1. The number of piperazine rings is 1. The van der Waals surface area contributed by atoms with Crippen molar-refractivity contribution in [2.24, 2.45) is 0 Å². The summed E-state index contributed by atoms with van der Waals surface area (Å²) in [7, 11) is 0. The van der Waals surface area contributed by atoms with Gasteiger partial charge < -0.3 is 0 Å². The first-order valence-electron chi connectivity index (χ1n) is 8.34. The summed E-state index contributed by atoms with van der Waals surface area (Å²) in [5.74, 6) is 0. The van der Waals surface area contributed by atoms with E-state index in [2.05, 4.69) is 51.3 Å². The van der Waals surface area contributed by atoms with E-state index < -0.39 is 0 Å². The second-order valence-electron chi connectivity index (χ2n) is 6.86. The monoisotopic (exact) mass is 311 g/mol. The summed E-state index contributed by atoms with van der Waals surface area (Å²) >= 11 is 1.86. The van der Waals surface area contributed by atoms with Gasteiger partial charge in [-0.1, -0.05) is 30.3 Å². The Balaban J connectivity index is 1.33. The molecule has 5 rings (SSSR count). The minimum absolute atomic E-state index is 0.575. The molecule has 22 heavy (non-hydrogen) atoms. The molecule has 3 aliphatic rings. The first-order chi connectivity index (χ1) is 10.9. The van der Waals surface area contributed by atoms with Crippen molar-refractivity contribution in [1.29, 1.82) is 0 Å². The Morgan fingerprint density at radius 3 is 2.77 bits per heavy atom. The zero-order valence-electron chi connectivity index (χ0n) is 12.7. The largest absolute Gasteiger partial charge is 0.295 e. The Morgan fingerprint density at radius 2 is 2.05 bits per heavy atom. The normalized spacial score (nSPS) is 31.0. The summed E-state index contributed by atoms with van der Waals surface area (Å²) in [6.45, 7) is 4.92. The van der Waals surface area contributed by atoms with Crippen LogP contribution in [0.3, 0.4) is 0 Å². The third-order valence-corrected chi connectivity index (χ3v) is 6.98. The van der Waals surface area contributed by atoms with Crippen molar-refractivity contribution in [3.05, 3.63) is 41.4 Å². The van der Waals surface area contributed by atoms with Crippen LogP contribution in [-0.2, 0) is 6.54 Å². The molecule has 2 aromatic rings. The lowest BCUT2D eigenvalue weighted by molar-refractivity contribution is -0.176. The zero-order chi connectivity index (χ0) is 14.6. The Hall–Kier alpha value is -1.23. The van der Waals surface area contributed by atoms with Crippen molar-refractivity contribution in [2.75, 3.05) is 19.6 Å². The summed E-state index contributed by atoms with van der Waals surface area (Å²) in [5.41, 5.74) is 1.81. The molecule has 2 atom stereocenters. The molecule has 1 saturated carbocycles. The highest BCUT2D eigenvalue weighted by Crippen LogP contribution is 2.51. The van der Waals surface area contributed by atoms with E-state index in [0.29, 0.717) is 5.54 Å². The van der Waals surface area contributed by atoms with Crippen LogP contribution in [0.1, 0.15) is 24.1 Å². The number of nitrogens with zero attached hydrogens (tertiary/aromatic N) is 3. The van der Waals surface area contributed by atoms with Gasteiger partial charge in [0.25, 0.3) is 0 Å². The van der Waals surface area contributed by atoms with Crippen molar-refractivity contribution < 1.29 is 0 Å². The predicted octanol–water partition coefficient (Wildman–Crippen LogP) is 3.23. The van der Waals surface area contributed by atoms with Crippen molar-refractivity contribution in [2.45, 2.75) is 37.4 Å². The molecule has 3 nitrogen and oxygen atoms in total. The molecule has 0 amide bonds. The van der Waals surface area contributed by atoms with Gasteiger partial charge in [-0.25, -0.2) is 4.98 Å². The highest BCUT2D eigenvalue weighted by molar-refractivity contribution is 7.15. The molecule has 2 unspecified atom stereocenters. The van der Waals surface area contributed by atoms with E-state index >= 15 is 0 Å². The molecule has 2 saturated heterocycles. The number of hydrogen-bond acceptors (Lipinski definition) is 4. The predicted molar refractivity (Wildman–Crippen MR) is 89.9 cm³/mol. The van der Waals surface area contributed by atoms with Crippen molar-refractivity contribution in [1.82, 2.24) is 14.8 Å². The van der Waals surface area contributed by atoms with Crippen LogP contribution in [0.4, 0.5) is 0 Å². The third kappa shape index (κ3) is 1.84. The van der Waals surface area contributed by atoms with Gasteiger partial charge in [0.1, 0.15) is 5.01 Å². The van der Waals surface area contributed by atoms with Crippen LogP contribution in [-0.4, -0.2) is 46.0 Å². The number of rotatable bonds is 3. The standard InChI is InChI=1S/C18H21N3S/c1-2-4-14(5-3-1)17-19-12-15(22-17)13-20-10-11-21-9-8-18(21)7-6-16(18)20/h1-5,12,16H,6-11,13H2. The highest BCUT2D eigenvalue weighted by atomic mass is 32.1. The summed E-state index contributed by atoms with van der Waals surface area (Å²) in [6, 6.07) is 11.3. The Morgan fingerprint density at radius 1 is 1.14 bits per heavy atom. The number of benzene rings is 1. The van der Waals surface area contributed by atoms with Crippen LogP contribution in [0, 0.1) is 0 Å². The quantitative estimate of drug-likeness (QED) is 0.867. The molecule has 3 fully saturated rings. The molecule has 0 bridgehead atoms. The molecular formula is C18H21N3S. The molecule has 2 aliphatic heterocycles. The molecule has 1 spiro atoms. The Labute approximate surface area is 135 Å². The van der Waals surface area contributed by atoms with E-state index in [4.69, 9.17) is 0 Å². The van der Waals surface area contributed by atoms with Crippen LogP contribution in [0.25, 0.3) is 10.6 Å². The number of thiazole rings is 1. The van der Waals surface area contributed by atoms with Gasteiger partial charge in [-0.15, -0.1) is 11.3 Å². The first-order valence-corrected chi connectivity index (χ1v) is 9.16. The van der Waals surface area contributed by atoms with Gasteiger partial charge in [0.15, 0.2) is 0 Å². The number of hydrogen-bond donors (Lipinski definition) is 0. The summed E-state index contributed by atoms with van der Waals surface area (Å²) in [6.07, 6.45) is 6.32. The van der Waals surface area contributed by atoms with Crippen molar-refractivity contribution in [3.63, 3.8) is 0 Å². The van der Waals surface area contributed by atoms with Crippen LogP contribution < -0.4 is 0 Å². The minimum Gasteiger partial charge on any atom is -0.295 e. The van der Waals surface area contributed by atoms with Crippen LogP contribution in [0.2, 0.25) is 0 Å². The van der Waals surface area contributed by atoms with E-state index in [1.165, 1.54) is 49.3 Å². The fourth-order valence-corrected chi connectivity index (χ4v) is 5.51. The maximum Gasteiger partial charge on any atom is 0.123 e. The molecule has 3 heterocycles. The third-order valence-electron chi connectivity index (χ3n) is 5.95. The van der Waals surface area contributed by atoms with Crippen LogP contribution >= 0.6 is 11.3 Å². The lowest BCUT2D eigenvalue weighted by atomic mass is 9.61. The van der Waals surface area contributed by atoms with Gasteiger partial charge >= 0.3 is 0 Å². The molecule has 0 radical (unpaired) electrons. The maximum atomic E-state index is 4.64. The fourth-order valence-electron chi connectivity index (χ4n) is 4.57. The summed E-state index contributed by atoms with van der Waals surface area (Å²) in [5, 5.41) is 1.15. The van der Waals surface area contributed by atoms with Crippen LogP contribution in [0.15, 0.2) is 36.5 Å². The molecule has 114 valence electrons. The molecule has 4 heteroatoms. The van der Waals surface area contributed by atoms with E-state index in [1.54, 1.807) is 0 Å². The first kappa shape index (κ1) is 13.2. The second-order valence-corrected chi connectivity index (χ2v) is 7.98. The van der Waals surface area contributed by atoms with E-state index in [-0.39, 0.29) is 0 Å². The topological polar surface area (TPSA) is 19.4 Å². The summed E-state index contributed by atoms with van der Waals surface area (Å²) in [4.78, 5) is 11.5.